The second-order valence-electron chi connectivity index (χ2n) is 5.44. The fraction of sp³-hybridized carbons (Fsp3) is 0.438. The van der Waals surface area contributed by atoms with Gasteiger partial charge in [0, 0.05) is 13.1 Å². The molecule has 0 radical (unpaired) electrons. The van der Waals surface area contributed by atoms with E-state index in [-0.39, 0.29) is 6.04 Å². The molecule has 3 rings (SSSR count). The van der Waals surface area contributed by atoms with E-state index in [0.717, 1.165) is 28.6 Å². The monoisotopic (exact) mass is 287 g/mol. The highest BCUT2D eigenvalue weighted by atomic mass is 16.6. The lowest BCUT2D eigenvalue weighted by Crippen LogP contribution is -2.16. The van der Waals surface area contributed by atoms with Crippen molar-refractivity contribution in [2.24, 2.45) is 7.05 Å². The topological polar surface area (TPSA) is 48.3 Å². The van der Waals surface area contributed by atoms with E-state index in [1.54, 1.807) is 0 Å². The quantitative estimate of drug-likeness (QED) is 0.943. The molecule has 0 bridgehead atoms. The Kier molecular flexibility index (Phi) is 3.49. The van der Waals surface area contributed by atoms with E-state index in [1.165, 1.54) is 5.56 Å². The Bertz CT molecular complexity index is 664. The Morgan fingerprint density at radius 3 is 2.57 bits per heavy atom. The van der Waals surface area contributed by atoms with Crippen LogP contribution in [0.4, 0.5) is 5.69 Å². The van der Waals surface area contributed by atoms with Crippen LogP contribution in [0, 0.1) is 13.8 Å². The molecule has 5 nitrogen and oxygen atoms in total. The lowest BCUT2D eigenvalue weighted by atomic mass is 10.1. The van der Waals surface area contributed by atoms with E-state index in [1.807, 2.05) is 30.8 Å². The summed E-state index contributed by atoms with van der Waals surface area (Å²) in [7, 11) is 1.96. The first-order valence-electron chi connectivity index (χ1n) is 7.22. The van der Waals surface area contributed by atoms with Crippen molar-refractivity contribution in [3.8, 4) is 11.5 Å². The first kappa shape index (κ1) is 13.8. The second kappa shape index (κ2) is 5.31. The molecule has 1 aromatic heterocycles. The molecule has 1 N–H and O–H groups in total. The summed E-state index contributed by atoms with van der Waals surface area (Å²) in [6.07, 6.45) is 0. The van der Waals surface area contributed by atoms with Gasteiger partial charge in [-0.1, -0.05) is 6.07 Å². The van der Waals surface area contributed by atoms with Crippen LogP contribution in [0.25, 0.3) is 0 Å². The zero-order valence-corrected chi connectivity index (χ0v) is 12.9. The average Bonchev–Trinajstić information content (AvgIpc) is 2.73. The Morgan fingerprint density at radius 1 is 1.19 bits per heavy atom. The van der Waals surface area contributed by atoms with Gasteiger partial charge in [0.05, 0.1) is 17.1 Å². The maximum Gasteiger partial charge on any atom is 0.161 e. The summed E-state index contributed by atoms with van der Waals surface area (Å²) in [5, 5.41) is 7.98. The Hall–Kier alpha value is -2.17. The number of hydrogen-bond donors (Lipinski definition) is 1. The van der Waals surface area contributed by atoms with Crippen molar-refractivity contribution in [3.05, 3.63) is 35.2 Å². The highest BCUT2D eigenvalue weighted by Gasteiger charge is 2.16. The molecule has 1 aliphatic heterocycles. The van der Waals surface area contributed by atoms with Gasteiger partial charge in [-0.15, -0.1) is 0 Å². The number of aromatic nitrogens is 2. The molecule has 2 aromatic rings. The second-order valence-corrected chi connectivity index (χ2v) is 5.44. The number of rotatable bonds is 3. The first-order chi connectivity index (χ1) is 10.1. The molecule has 1 unspecified atom stereocenters. The maximum atomic E-state index is 5.65. The van der Waals surface area contributed by atoms with E-state index >= 15 is 0 Å². The van der Waals surface area contributed by atoms with Crippen LogP contribution in [0.1, 0.15) is 29.9 Å². The number of fused-ring (bicyclic) bond motifs is 1. The summed E-state index contributed by atoms with van der Waals surface area (Å²) >= 11 is 0. The summed E-state index contributed by atoms with van der Waals surface area (Å²) in [5.74, 6) is 1.65. The fourth-order valence-electron chi connectivity index (χ4n) is 2.61. The number of benzene rings is 1. The van der Waals surface area contributed by atoms with Crippen LogP contribution < -0.4 is 14.8 Å². The van der Waals surface area contributed by atoms with Gasteiger partial charge in [-0.2, -0.15) is 5.10 Å². The lowest BCUT2D eigenvalue weighted by Gasteiger charge is -2.21. The van der Waals surface area contributed by atoms with Gasteiger partial charge in [0.1, 0.15) is 13.2 Å². The molecule has 0 fully saturated rings. The Morgan fingerprint density at radius 2 is 1.90 bits per heavy atom. The zero-order valence-electron chi connectivity index (χ0n) is 12.9. The summed E-state index contributed by atoms with van der Waals surface area (Å²) in [6, 6.07) is 6.27. The van der Waals surface area contributed by atoms with Crippen molar-refractivity contribution in [3.63, 3.8) is 0 Å². The summed E-state index contributed by atoms with van der Waals surface area (Å²) in [4.78, 5) is 0. The van der Waals surface area contributed by atoms with Gasteiger partial charge in [0.25, 0.3) is 0 Å². The zero-order chi connectivity index (χ0) is 15.0. The fourth-order valence-corrected chi connectivity index (χ4v) is 2.61. The molecule has 1 atom stereocenters. The predicted octanol–water partition coefficient (Wildman–Crippen LogP) is 2.98. The average molecular weight is 287 g/mol. The van der Waals surface area contributed by atoms with Crippen LogP contribution in [-0.2, 0) is 7.05 Å². The molecule has 0 saturated heterocycles. The third kappa shape index (κ3) is 2.55. The molecule has 112 valence electrons. The maximum absolute atomic E-state index is 5.65. The largest absolute Gasteiger partial charge is 0.486 e. The van der Waals surface area contributed by atoms with Crippen LogP contribution in [0.15, 0.2) is 18.2 Å². The predicted molar refractivity (Wildman–Crippen MR) is 82.2 cm³/mol. The number of aryl methyl sites for hydroxylation is 2. The van der Waals surface area contributed by atoms with Crippen molar-refractivity contribution in [2.45, 2.75) is 26.8 Å². The van der Waals surface area contributed by atoms with Crippen molar-refractivity contribution in [2.75, 3.05) is 18.5 Å². The molecular weight excluding hydrogens is 266 g/mol. The lowest BCUT2D eigenvalue weighted by molar-refractivity contribution is 0.171. The van der Waals surface area contributed by atoms with Gasteiger partial charge in [0.2, 0.25) is 0 Å². The normalized spacial score (nSPS) is 14.9. The number of hydrogen-bond acceptors (Lipinski definition) is 4. The molecule has 0 amide bonds. The van der Waals surface area contributed by atoms with Gasteiger partial charge in [0.15, 0.2) is 11.5 Å². The molecule has 2 heterocycles. The SMILES string of the molecule is Cc1nn(C)c(C)c1NC(C)c1ccc2c(c1)OCCO2. The van der Waals surface area contributed by atoms with E-state index in [2.05, 4.69) is 30.3 Å². The first-order valence-corrected chi connectivity index (χ1v) is 7.22. The summed E-state index contributed by atoms with van der Waals surface area (Å²) in [6.45, 7) is 7.45. The number of ether oxygens (including phenoxy) is 2. The highest BCUT2D eigenvalue weighted by molar-refractivity contribution is 5.54. The van der Waals surface area contributed by atoms with Crippen molar-refractivity contribution in [1.82, 2.24) is 9.78 Å². The van der Waals surface area contributed by atoms with E-state index < -0.39 is 0 Å². The van der Waals surface area contributed by atoms with Crippen molar-refractivity contribution < 1.29 is 9.47 Å². The minimum Gasteiger partial charge on any atom is -0.486 e. The molecular formula is C16H21N3O2. The van der Waals surface area contributed by atoms with Gasteiger partial charge >= 0.3 is 0 Å². The third-order valence-corrected chi connectivity index (χ3v) is 3.94. The summed E-state index contributed by atoms with van der Waals surface area (Å²) < 4.78 is 13.1. The highest BCUT2D eigenvalue weighted by Crippen LogP contribution is 2.34. The minimum absolute atomic E-state index is 0.169. The molecule has 0 spiro atoms. The van der Waals surface area contributed by atoms with Gasteiger partial charge < -0.3 is 14.8 Å². The molecule has 21 heavy (non-hydrogen) atoms. The van der Waals surface area contributed by atoms with Crippen molar-refractivity contribution in [1.29, 1.82) is 0 Å². The van der Waals surface area contributed by atoms with Gasteiger partial charge in [-0.25, -0.2) is 0 Å². The van der Waals surface area contributed by atoms with E-state index in [4.69, 9.17) is 9.47 Å². The minimum atomic E-state index is 0.169. The van der Waals surface area contributed by atoms with Gasteiger partial charge in [-0.05, 0) is 38.5 Å². The van der Waals surface area contributed by atoms with Crippen molar-refractivity contribution >= 4 is 5.69 Å². The Balaban J connectivity index is 1.83. The van der Waals surface area contributed by atoms with Crippen LogP contribution in [0.5, 0.6) is 11.5 Å². The summed E-state index contributed by atoms with van der Waals surface area (Å²) in [5.41, 5.74) is 4.41. The smallest absolute Gasteiger partial charge is 0.161 e. The third-order valence-electron chi connectivity index (χ3n) is 3.94. The van der Waals surface area contributed by atoms with Crippen LogP contribution >= 0.6 is 0 Å². The number of nitrogens with one attached hydrogen (secondary N) is 1. The van der Waals surface area contributed by atoms with Crippen LogP contribution in [-0.4, -0.2) is 23.0 Å². The van der Waals surface area contributed by atoms with E-state index in [9.17, 15) is 0 Å². The van der Waals surface area contributed by atoms with Crippen LogP contribution in [0.2, 0.25) is 0 Å². The molecule has 0 aliphatic carbocycles. The van der Waals surface area contributed by atoms with Gasteiger partial charge in [-0.3, -0.25) is 4.68 Å². The van der Waals surface area contributed by atoms with E-state index in [0.29, 0.717) is 13.2 Å². The number of anilines is 1. The standard InChI is InChI=1S/C16H21N3O2/c1-10(17-16-11(2)18-19(4)12(16)3)13-5-6-14-15(9-13)21-8-7-20-14/h5-6,9-10,17H,7-8H2,1-4H3. The molecule has 1 aliphatic rings. The van der Waals surface area contributed by atoms with Crippen LogP contribution in [0.3, 0.4) is 0 Å². The number of nitrogens with zero attached hydrogens (tertiary/aromatic N) is 2. The molecule has 1 aromatic carbocycles. The Labute approximate surface area is 124 Å². The molecule has 5 heteroatoms. The molecule has 0 saturated carbocycles.